The number of nitrogens with zero attached hydrogens (tertiary/aromatic N) is 1. The van der Waals surface area contributed by atoms with Gasteiger partial charge in [-0.25, -0.2) is 0 Å². The summed E-state index contributed by atoms with van der Waals surface area (Å²) in [5.41, 5.74) is 5.67. The molecule has 2 atom stereocenters. The van der Waals surface area contributed by atoms with Crippen LogP contribution in [0.2, 0.25) is 0 Å². The van der Waals surface area contributed by atoms with E-state index in [4.69, 9.17) is 5.73 Å². The second-order valence-electron chi connectivity index (χ2n) is 5.58. The minimum Gasteiger partial charge on any atom is -0.345 e. The van der Waals surface area contributed by atoms with Gasteiger partial charge in [-0.2, -0.15) is 0 Å². The summed E-state index contributed by atoms with van der Waals surface area (Å²) in [7, 11) is 1.73. The first-order valence-corrected chi connectivity index (χ1v) is 7.06. The van der Waals surface area contributed by atoms with E-state index in [1.807, 2.05) is 6.92 Å². The molecule has 0 aromatic rings. The van der Waals surface area contributed by atoms with Crippen LogP contribution in [0, 0.1) is 11.8 Å². The highest BCUT2D eigenvalue weighted by molar-refractivity contribution is 5.87. The molecule has 0 spiro atoms. The van der Waals surface area contributed by atoms with Crippen LogP contribution in [0.25, 0.3) is 0 Å². The van der Waals surface area contributed by atoms with Crippen molar-refractivity contribution >= 4 is 11.8 Å². The lowest BCUT2D eigenvalue weighted by molar-refractivity contribution is -0.135. The maximum absolute atomic E-state index is 11.9. The first kappa shape index (κ1) is 17.9. The molecule has 0 aliphatic carbocycles. The Bertz CT molecular complexity index is 292. The number of carbonyl (C=O) groups is 2. The molecule has 3 N–H and O–H groups in total. The van der Waals surface area contributed by atoms with Gasteiger partial charge in [-0.1, -0.05) is 13.8 Å². The summed E-state index contributed by atoms with van der Waals surface area (Å²) in [4.78, 5) is 25.3. The number of hydrogen-bond donors (Lipinski definition) is 2. The minimum atomic E-state index is -0.477. The van der Waals surface area contributed by atoms with Crippen LogP contribution in [0.5, 0.6) is 0 Å². The van der Waals surface area contributed by atoms with Gasteiger partial charge in [-0.05, 0) is 38.6 Å². The van der Waals surface area contributed by atoms with E-state index >= 15 is 0 Å². The Hall–Kier alpha value is -1.10. The fourth-order valence-corrected chi connectivity index (χ4v) is 2.04. The molecule has 0 heterocycles. The molecule has 2 amide bonds. The quantitative estimate of drug-likeness (QED) is 0.691. The van der Waals surface area contributed by atoms with Crippen molar-refractivity contribution in [1.29, 1.82) is 0 Å². The molecule has 112 valence electrons. The Morgan fingerprint density at radius 1 is 1.26 bits per heavy atom. The van der Waals surface area contributed by atoms with Crippen LogP contribution >= 0.6 is 0 Å². The summed E-state index contributed by atoms with van der Waals surface area (Å²) >= 11 is 0. The van der Waals surface area contributed by atoms with Crippen molar-refractivity contribution in [3.63, 3.8) is 0 Å². The minimum absolute atomic E-state index is 0.0657. The molecule has 0 radical (unpaired) electrons. The third kappa shape index (κ3) is 7.15. The normalized spacial score (nSPS) is 14.1. The van der Waals surface area contributed by atoms with Gasteiger partial charge in [0.1, 0.15) is 6.04 Å². The van der Waals surface area contributed by atoms with Gasteiger partial charge in [-0.3, -0.25) is 9.59 Å². The Labute approximate surface area is 116 Å². The molecule has 0 aliphatic rings. The molecule has 0 bridgehead atoms. The molecule has 5 nitrogen and oxygen atoms in total. The van der Waals surface area contributed by atoms with E-state index in [9.17, 15) is 9.59 Å². The fourth-order valence-electron chi connectivity index (χ4n) is 2.04. The van der Waals surface area contributed by atoms with Crippen molar-refractivity contribution in [2.24, 2.45) is 17.6 Å². The van der Waals surface area contributed by atoms with Crippen LogP contribution in [0.1, 0.15) is 40.5 Å². The van der Waals surface area contributed by atoms with Crippen LogP contribution in [0.3, 0.4) is 0 Å². The van der Waals surface area contributed by atoms with Crippen molar-refractivity contribution < 1.29 is 9.59 Å². The molecule has 0 saturated carbocycles. The van der Waals surface area contributed by atoms with Crippen molar-refractivity contribution in [3.05, 3.63) is 0 Å². The lowest BCUT2D eigenvalue weighted by atomic mass is 9.94. The monoisotopic (exact) mass is 271 g/mol. The van der Waals surface area contributed by atoms with Gasteiger partial charge >= 0.3 is 0 Å². The smallest absolute Gasteiger partial charge is 0.244 e. The summed E-state index contributed by atoms with van der Waals surface area (Å²) in [6, 6.07) is -0.477. The zero-order valence-corrected chi connectivity index (χ0v) is 12.9. The number of nitrogens with one attached hydrogen (secondary N) is 1. The van der Waals surface area contributed by atoms with Gasteiger partial charge in [0.2, 0.25) is 11.8 Å². The largest absolute Gasteiger partial charge is 0.345 e. The highest BCUT2D eigenvalue weighted by Crippen LogP contribution is 2.14. The van der Waals surface area contributed by atoms with Crippen molar-refractivity contribution in [1.82, 2.24) is 10.2 Å². The summed E-state index contributed by atoms with van der Waals surface area (Å²) in [6.45, 7) is 8.98. The van der Waals surface area contributed by atoms with Crippen LogP contribution in [0.4, 0.5) is 0 Å². The van der Waals surface area contributed by atoms with E-state index in [1.54, 1.807) is 18.9 Å². The third-order valence-electron chi connectivity index (χ3n) is 3.21. The second kappa shape index (κ2) is 8.91. The summed E-state index contributed by atoms with van der Waals surface area (Å²) in [5, 5.41) is 2.75. The number of nitrogens with two attached hydrogens (primary N) is 1. The average Bonchev–Trinajstić information content (AvgIpc) is 2.35. The topological polar surface area (TPSA) is 75.4 Å². The van der Waals surface area contributed by atoms with E-state index in [2.05, 4.69) is 19.2 Å². The van der Waals surface area contributed by atoms with Gasteiger partial charge in [0.05, 0.1) is 0 Å². The van der Waals surface area contributed by atoms with Crippen molar-refractivity contribution in [2.75, 3.05) is 20.1 Å². The Morgan fingerprint density at radius 3 is 2.26 bits per heavy atom. The molecule has 0 fully saturated rings. The number of hydrogen-bond acceptors (Lipinski definition) is 3. The van der Waals surface area contributed by atoms with Crippen LogP contribution < -0.4 is 11.1 Å². The Morgan fingerprint density at radius 2 is 1.84 bits per heavy atom. The SMILES string of the molecule is CCN(C)C(=O)C(C)NC(=O)C[C@@H](CN)CC(C)C. The van der Waals surface area contributed by atoms with E-state index < -0.39 is 6.04 Å². The number of rotatable bonds is 8. The highest BCUT2D eigenvalue weighted by atomic mass is 16.2. The van der Waals surface area contributed by atoms with Gasteiger partial charge < -0.3 is 16.0 Å². The zero-order valence-electron chi connectivity index (χ0n) is 12.9. The van der Waals surface area contributed by atoms with Gasteiger partial charge in [-0.15, -0.1) is 0 Å². The van der Waals surface area contributed by atoms with Gasteiger partial charge in [0.25, 0.3) is 0 Å². The lowest BCUT2D eigenvalue weighted by Crippen LogP contribution is -2.46. The molecule has 0 aliphatic heterocycles. The molecule has 0 saturated heterocycles. The molecule has 1 unspecified atom stereocenters. The molecule has 5 heteroatoms. The van der Waals surface area contributed by atoms with E-state index in [-0.39, 0.29) is 17.7 Å². The fraction of sp³-hybridized carbons (Fsp3) is 0.857. The molecule has 0 rings (SSSR count). The van der Waals surface area contributed by atoms with Gasteiger partial charge in [0, 0.05) is 20.0 Å². The lowest BCUT2D eigenvalue weighted by Gasteiger charge is -2.22. The number of amides is 2. The van der Waals surface area contributed by atoms with E-state index in [0.29, 0.717) is 25.4 Å². The number of carbonyl (C=O) groups excluding carboxylic acids is 2. The first-order valence-electron chi connectivity index (χ1n) is 7.06. The molecule has 19 heavy (non-hydrogen) atoms. The maximum Gasteiger partial charge on any atom is 0.244 e. The van der Waals surface area contributed by atoms with Crippen LogP contribution in [0.15, 0.2) is 0 Å². The van der Waals surface area contributed by atoms with Crippen molar-refractivity contribution in [3.8, 4) is 0 Å². The van der Waals surface area contributed by atoms with Crippen LogP contribution in [-0.2, 0) is 9.59 Å². The van der Waals surface area contributed by atoms with Gasteiger partial charge in [0.15, 0.2) is 0 Å². The molecular weight excluding hydrogens is 242 g/mol. The zero-order chi connectivity index (χ0) is 15.0. The van der Waals surface area contributed by atoms with E-state index in [0.717, 1.165) is 6.42 Å². The molecule has 0 aromatic heterocycles. The first-order chi connectivity index (χ1) is 8.81. The second-order valence-corrected chi connectivity index (χ2v) is 5.58. The standard InChI is InChI=1S/C14H29N3O2/c1-6-17(5)14(19)11(4)16-13(18)8-12(9-15)7-10(2)3/h10-12H,6-9,15H2,1-5H3,(H,16,18)/t11?,12-/m0/s1. The summed E-state index contributed by atoms with van der Waals surface area (Å²) in [5.74, 6) is 0.545. The maximum atomic E-state index is 11.9. The predicted molar refractivity (Wildman–Crippen MR) is 77.5 cm³/mol. The average molecular weight is 271 g/mol. The third-order valence-corrected chi connectivity index (χ3v) is 3.21. The molecule has 0 aromatic carbocycles. The number of likely N-dealkylation sites (N-methyl/N-ethyl adjacent to an activating group) is 1. The Kier molecular flexibility index (Phi) is 8.39. The Balaban J connectivity index is 4.25. The summed E-state index contributed by atoms with van der Waals surface area (Å²) in [6.07, 6.45) is 1.32. The van der Waals surface area contributed by atoms with Crippen LogP contribution in [-0.4, -0.2) is 42.9 Å². The van der Waals surface area contributed by atoms with Crippen molar-refractivity contribution in [2.45, 2.75) is 46.6 Å². The van der Waals surface area contributed by atoms with E-state index in [1.165, 1.54) is 0 Å². The predicted octanol–water partition coefficient (Wildman–Crippen LogP) is 0.981. The highest BCUT2D eigenvalue weighted by Gasteiger charge is 2.20. The molecular formula is C14H29N3O2. The summed E-state index contributed by atoms with van der Waals surface area (Å²) < 4.78 is 0.